The van der Waals surface area contributed by atoms with E-state index in [2.05, 4.69) is 0 Å². The Kier molecular flexibility index (Phi) is 6.77. The van der Waals surface area contributed by atoms with Gasteiger partial charge in [-0.25, -0.2) is 9.59 Å². The number of para-hydroxylation sites is 2. The molecule has 0 bridgehead atoms. The third kappa shape index (κ3) is 4.85. The van der Waals surface area contributed by atoms with Crippen LogP contribution in [0.1, 0.15) is 25.0 Å². The second-order valence-corrected chi connectivity index (χ2v) is 8.44. The Hall–Kier alpha value is -3.94. The predicted molar refractivity (Wildman–Crippen MR) is 125 cm³/mol. The molecule has 2 aliphatic rings. The van der Waals surface area contributed by atoms with Crippen LogP contribution in [0.5, 0.6) is 0 Å². The zero-order chi connectivity index (χ0) is 24.2. The molecule has 2 unspecified atom stereocenters. The maximum atomic E-state index is 12.6. The number of amides is 2. The number of benzene rings is 2. The molecule has 2 amide bonds. The molecule has 2 heterocycles. The second-order valence-electron chi connectivity index (χ2n) is 8.44. The van der Waals surface area contributed by atoms with Crippen molar-refractivity contribution in [3.05, 3.63) is 71.8 Å². The van der Waals surface area contributed by atoms with Crippen molar-refractivity contribution in [3.8, 4) is 0 Å². The average molecular weight is 463 g/mol. The number of nitrogens with zero attached hydrogens (tertiary/aromatic N) is 2. The van der Waals surface area contributed by atoms with Gasteiger partial charge in [-0.2, -0.15) is 0 Å². The first-order valence-electron chi connectivity index (χ1n) is 11.2. The van der Waals surface area contributed by atoms with Gasteiger partial charge in [-0.1, -0.05) is 36.4 Å². The smallest absolute Gasteiger partial charge is 0.331 e. The van der Waals surface area contributed by atoms with E-state index in [4.69, 9.17) is 9.47 Å². The molecule has 0 aromatic heterocycles. The summed E-state index contributed by atoms with van der Waals surface area (Å²) in [5.41, 5.74) is 3.77. The molecule has 2 atom stereocenters. The van der Waals surface area contributed by atoms with Gasteiger partial charge in [0.25, 0.3) is 11.8 Å². The van der Waals surface area contributed by atoms with Gasteiger partial charge in [0.2, 0.25) is 0 Å². The first kappa shape index (κ1) is 23.2. The summed E-state index contributed by atoms with van der Waals surface area (Å²) < 4.78 is 9.98. The van der Waals surface area contributed by atoms with Crippen LogP contribution in [0, 0.1) is 0 Å². The fourth-order valence-electron chi connectivity index (χ4n) is 4.53. The van der Waals surface area contributed by atoms with Crippen LogP contribution in [0.4, 0.5) is 11.4 Å². The van der Waals surface area contributed by atoms with Crippen molar-refractivity contribution < 1.29 is 28.7 Å². The molecule has 8 nitrogen and oxygen atoms in total. The number of hydrogen-bond acceptors (Lipinski definition) is 6. The summed E-state index contributed by atoms with van der Waals surface area (Å²) in [5, 5.41) is 0. The summed E-state index contributed by atoms with van der Waals surface area (Å²) in [6.07, 6.45) is 3.24. The van der Waals surface area contributed by atoms with Gasteiger partial charge in [0, 0.05) is 35.6 Å². The van der Waals surface area contributed by atoms with E-state index in [-0.39, 0.29) is 23.9 Å². The standard InChI is InChI=1S/C26H26N2O6/c1-17-13-19-7-3-5-9-21(19)27(17)23(29)15-33-25(31)11-12-26(32)34-16-24(30)28-18(2)14-20-8-4-6-10-22(20)28/h3-12,17-18H,13-16H2,1-2H3. The molecular formula is C26H26N2O6. The third-order valence-corrected chi connectivity index (χ3v) is 5.98. The molecular weight excluding hydrogens is 436 g/mol. The van der Waals surface area contributed by atoms with Gasteiger partial charge in [0.15, 0.2) is 13.2 Å². The molecule has 8 heteroatoms. The summed E-state index contributed by atoms with van der Waals surface area (Å²) in [5.74, 6) is -2.38. The molecule has 176 valence electrons. The first-order chi connectivity index (χ1) is 16.3. The lowest BCUT2D eigenvalue weighted by atomic mass is 10.1. The molecule has 2 aromatic carbocycles. The quantitative estimate of drug-likeness (QED) is 0.484. The number of anilines is 2. The number of hydrogen-bond donors (Lipinski definition) is 0. The average Bonchev–Trinajstić information content (AvgIpc) is 3.34. The number of carbonyl (C=O) groups is 4. The summed E-state index contributed by atoms with van der Waals surface area (Å²) in [4.78, 5) is 52.3. The molecule has 0 saturated carbocycles. The highest BCUT2D eigenvalue weighted by Gasteiger charge is 2.32. The van der Waals surface area contributed by atoms with Crippen LogP contribution in [-0.4, -0.2) is 49.1 Å². The van der Waals surface area contributed by atoms with E-state index in [1.165, 1.54) is 0 Å². The van der Waals surface area contributed by atoms with Crippen LogP contribution in [0.2, 0.25) is 0 Å². The minimum absolute atomic E-state index is 0.0306. The number of rotatable bonds is 6. The van der Waals surface area contributed by atoms with Gasteiger partial charge in [-0.15, -0.1) is 0 Å². The van der Waals surface area contributed by atoms with Gasteiger partial charge in [-0.05, 0) is 49.9 Å². The van der Waals surface area contributed by atoms with Crippen molar-refractivity contribution >= 4 is 35.1 Å². The van der Waals surface area contributed by atoms with Crippen molar-refractivity contribution in [2.75, 3.05) is 23.0 Å². The monoisotopic (exact) mass is 462 g/mol. The zero-order valence-electron chi connectivity index (χ0n) is 19.1. The molecule has 0 fully saturated rings. The van der Waals surface area contributed by atoms with Gasteiger partial charge < -0.3 is 19.3 Å². The summed E-state index contributed by atoms with van der Waals surface area (Å²) in [6, 6.07) is 15.1. The molecule has 0 saturated heterocycles. The minimum atomic E-state index is -0.848. The van der Waals surface area contributed by atoms with Crippen LogP contribution >= 0.6 is 0 Å². The van der Waals surface area contributed by atoms with Crippen LogP contribution in [0.15, 0.2) is 60.7 Å². The Bertz CT molecular complexity index is 1070. The van der Waals surface area contributed by atoms with Gasteiger partial charge in [-0.3, -0.25) is 9.59 Å². The van der Waals surface area contributed by atoms with Crippen LogP contribution < -0.4 is 9.80 Å². The van der Waals surface area contributed by atoms with Crippen LogP contribution in [-0.2, 0) is 41.5 Å². The summed E-state index contributed by atoms with van der Waals surface area (Å²) in [7, 11) is 0. The van der Waals surface area contributed by atoms with Crippen molar-refractivity contribution in [1.82, 2.24) is 0 Å². The highest BCUT2D eigenvalue weighted by molar-refractivity contribution is 6.00. The molecule has 0 radical (unpaired) electrons. The largest absolute Gasteiger partial charge is 0.452 e. The lowest BCUT2D eigenvalue weighted by molar-refractivity contribution is -0.144. The SMILES string of the molecule is CC1Cc2ccccc2N1C(=O)COC(=O)C=CC(=O)OCC(=O)N1c2ccccc2CC1C. The number of fused-ring (bicyclic) bond motifs is 2. The van der Waals surface area contributed by atoms with E-state index in [1.807, 2.05) is 62.4 Å². The van der Waals surface area contributed by atoms with Crippen molar-refractivity contribution in [2.24, 2.45) is 0 Å². The predicted octanol–water partition coefficient (Wildman–Crippen LogP) is 2.58. The van der Waals surface area contributed by atoms with E-state index in [9.17, 15) is 19.2 Å². The maximum Gasteiger partial charge on any atom is 0.331 e. The van der Waals surface area contributed by atoms with Gasteiger partial charge in [0.1, 0.15) is 0 Å². The summed E-state index contributed by atoms with van der Waals surface area (Å²) >= 11 is 0. The Morgan fingerprint density at radius 3 is 1.53 bits per heavy atom. The number of carbonyl (C=O) groups excluding carboxylic acids is 4. The Morgan fingerprint density at radius 1 is 0.735 bits per heavy atom. The van der Waals surface area contributed by atoms with E-state index in [0.29, 0.717) is 0 Å². The molecule has 2 aliphatic heterocycles. The second kappa shape index (κ2) is 9.91. The van der Waals surface area contributed by atoms with Crippen molar-refractivity contribution in [1.29, 1.82) is 0 Å². The first-order valence-corrected chi connectivity index (χ1v) is 11.2. The van der Waals surface area contributed by atoms with Crippen molar-refractivity contribution in [3.63, 3.8) is 0 Å². The summed E-state index contributed by atoms with van der Waals surface area (Å²) in [6.45, 7) is 2.97. The molecule has 2 aromatic rings. The van der Waals surface area contributed by atoms with E-state index in [1.54, 1.807) is 9.80 Å². The molecule has 0 N–H and O–H groups in total. The lowest BCUT2D eigenvalue weighted by Gasteiger charge is -2.22. The van der Waals surface area contributed by atoms with Gasteiger partial charge in [0.05, 0.1) is 0 Å². The van der Waals surface area contributed by atoms with Crippen LogP contribution in [0.25, 0.3) is 0 Å². The maximum absolute atomic E-state index is 12.6. The topological polar surface area (TPSA) is 93.2 Å². The molecule has 4 rings (SSSR count). The van der Waals surface area contributed by atoms with E-state index < -0.39 is 25.2 Å². The molecule has 34 heavy (non-hydrogen) atoms. The Labute approximate surface area is 197 Å². The minimum Gasteiger partial charge on any atom is -0.452 e. The highest BCUT2D eigenvalue weighted by atomic mass is 16.5. The molecule has 0 aliphatic carbocycles. The number of esters is 2. The Balaban J connectivity index is 1.23. The molecule has 0 spiro atoms. The lowest BCUT2D eigenvalue weighted by Crippen LogP contribution is -2.38. The third-order valence-electron chi connectivity index (χ3n) is 5.98. The zero-order valence-corrected chi connectivity index (χ0v) is 19.1. The Morgan fingerprint density at radius 2 is 1.12 bits per heavy atom. The van der Waals surface area contributed by atoms with E-state index >= 15 is 0 Å². The fraction of sp³-hybridized carbons (Fsp3) is 0.308. The fourth-order valence-corrected chi connectivity index (χ4v) is 4.53. The van der Waals surface area contributed by atoms with Gasteiger partial charge >= 0.3 is 11.9 Å². The van der Waals surface area contributed by atoms with Crippen LogP contribution in [0.3, 0.4) is 0 Å². The highest BCUT2D eigenvalue weighted by Crippen LogP contribution is 2.32. The normalized spacial score (nSPS) is 18.5. The van der Waals surface area contributed by atoms with Crippen molar-refractivity contribution in [2.45, 2.75) is 38.8 Å². The number of ether oxygens (including phenoxy) is 2. The van der Waals surface area contributed by atoms with E-state index in [0.717, 1.165) is 47.5 Å².